The minimum Gasteiger partial charge on any atom is -0.490 e. The molecule has 0 radical (unpaired) electrons. The molecule has 11 heteroatoms. The molecule has 1 amide bonds. The number of aryl methyl sites for hydroxylation is 1. The lowest BCUT2D eigenvalue weighted by Crippen LogP contribution is -2.53. The molecule has 252 valence electrons. The van der Waals surface area contributed by atoms with E-state index in [9.17, 15) is 23.1 Å². The maximum atomic E-state index is 13.5. The highest BCUT2D eigenvalue weighted by molar-refractivity contribution is 7.90. The Balaban J connectivity index is 1.47. The number of esters is 1. The summed E-state index contributed by atoms with van der Waals surface area (Å²) in [6.45, 7) is 8.79. The quantitative estimate of drug-likeness (QED) is 0.247. The van der Waals surface area contributed by atoms with Crippen molar-refractivity contribution in [3.8, 4) is 5.75 Å². The zero-order valence-electron chi connectivity index (χ0n) is 27.1. The van der Waals surface area contributed by atoms with Crippen molar-refractivity contribution in [1.29, 1.82) is 0 Å². The topological polar surface area (TPSA) is 122 Å². The fraction of sp³-hybridized carbons (Fsp3) is 0.500. The van der Waals surface area contributed by atoms with Crippen LogP contribution in [-0.2, 0) is 31.4 Å². The second-order valence-corrected chi connectivity index (χ2v) is 16.3. The summed E-state index contributed by atoms with van der Waals surface area (Å²) in [7, 11) is -2.79. The molecule has 2 bridgehead atoms. The Labute approximate surface area is 282 Å². The summed E-state index contributed by atoms with van der Waals surface area (Å²) in [4.78, 5) is 28.5. The van der Waals surface area contributed by atoms with E-state index in [0.717, 1.165) is 25.7 Å². The number of nitrogens with zero attached hydrogens (tertiary/aromatic N) is 1. The molecule has 0 aromatic heterocycles. The number of hydrogen-bond donors (Lipinski definition) is 2. The van der Waals surface area contributed by atoms with Crippen LogP contribution in [0.2, 0.25) is 5.02 Å². The van der Waals surface area contributed by atoms with E-state index < -0.39 is 38.7 Å². The van der Waals surface area contributed by atoms with Gasteiger partial charge in [-0.1, -0.05) is 43.3 Å². The van der Waals surface area contributed by atoms with E-state index in [1.165, 1.54) is 18.2 Å². The molecule has 1 fully saturated rings. The van der Waals surface area contributed by atoms with Gasteiger partial charge in [0.05, 0.1) is 30.2 Å². The number of hydrogen-bond acceptors (Lipinski definition) is 8. The number of benzene rings is 2. The molecule has 2 N–H and O–H groups in total. The summed E-state index contributed by atoms with van der Waals surface area (Å²) < 4.78 is 40.5. The lowest BCUT2D eigenvalue weighted by Gasteiger charge is -2.49. The van der Waals surface area contributed by atoms with Crippen molar-refractivity contribution in [1.82, 2.24) is 4.72 Å². The monoisotopic (exact) mass is 682 g/mol. The van der Waals surface area contributed by atoms with Gasteiger partial charge in [0, 0.05) is 35.0 Å². The van der Waals surface area contributed by atoms with E-state index in [-0.39, 0.29) is 28.4 Å². The highest BCUT2D eigenvalue weighted by atomic mass is 35.5. The summed E-state index contributed by atoms with van der Waals surface area (Å²) in [6.07, 6.45) is 7.82. The Morgan fingerprint density at radius 2 is 1.98 bits per heavy atom. The Morgan fingerprint density at radius 1 is 1.19 bits per heavy atom. The van der Waals surface area contributed by atoms with Crippen molar-refractivity contribution < 1.29 is 32.6 Å². The fourth-order valence-electron chi connectivity index (χ4n) is 7.88. The number of amides is 1. The van der Waals surface area contributed by atoms with Crippen molar-refractivity contribution in [2.45, 2.75) is 68.6 Å². The van der Waals surface area contributed by atoms with Gasteiger partial charge in [0.2, 0.25) is 10.0 Å². The number of sulfonamides is 1. The zero-order valence-corrected chi connectivity index (χ0v) is 28.7. The number of halogens is 1. The maximum absolute atomic E-state index is 13.5. The second kappa shape index (κ2) is 12.6. The summed E-state index contributed by atoms with van der Waals surface area (Å²) in [5.41, 5.74) is 1.14. The van der Waals surface area contributed by atoms with Crippen molar-refractivity contribution in [3.63, 3.8) is 0 Å². The van der Waals surface area contributed by atoms with Gasteiger partial charge >= 0.3 is 5.97 Å². The largest absolute Gasteiger partial charge is 0.490 e. The molecule has 2 aromatic rings. The van der Waals surface area contributed by atoms with Crippen LogP contribution in [0.3, 0.4) is 0 Å². The minimum absolute atomic E-state index is 0.0375. The van der Waals surface area contributed by atoms with Crippen molar-refractivity contribution in [2.75, 3.05) is 31.7 Å². The van der Waals surface area contributed by atoms with Gasteiger partial charge in [-0.2, -0.15) is 0 Å². The molecule has 47 heavy (non-hydrogen) atoms. The van der Waals surface area contributed by atoms with Crippen LogP contribution in [0.4, 0.5) is 5.69 Å². The van der Waals surface area contributed by atoms with Crippen molar-refractivity contribution >= 4 is 39.2 Å². The van der Waals surface area contributed by atoms with Crippen molar-refractivity contribution in [3.05, 3.63) is 82.4 Å². The number of fused-ring (bicyclic) bond motifs is 4. The lowest BCUT2D eigenvalue weighted by atomic mass is 9.62. The van der Waals surface area contributed by atoms with E-state index >= 15 is 0 Å². The summed E-state index contributed by atoms with van der Waals surface area (Å²) >= 11 is 6.41. The number of carbonyl (C=O) groups is 2. The van der Waals surface area contributed by atoms with Gasteiger partial charge in [-0.25, -0.2) is 17.9 Å². The lowest BCUT2D eigenvalue weighted by molar-refractivity contribution is -0.139. The molecule has 9 nitrogen and oxygen atoms in total. The number of nitrogens with one attached hydrogen (secondary N) is 1. The Bertz CT molecular complexity index is 1740. The van der Waals surface area contributed by atoms with Gasteiger partial charge in [-0.15, -0.1) is 0 Å². The van der Waals surface area contributed by atoms with E-state index in [2.05, 4.69) is 22.3 Å². The van der Waals surface area contributed by atoms with Gasteiger partial charge in [0.15, 0.2) is 0 Å². The van der Waals surface area contributed by atoms with Gasteiger partial charge < -0.3 is 19.5 Å². The Hall–Kier alpha value is -3.34. The summed E-state index contributed by atoms with van der Waals surface area (Å²) in [5, 5.41) is 12.0. The first kappa shape index (κ1) is 33.6. The molecule has 2 aliphatic heterocycles. The highest BCUT2D eigenvalue weighted by Crippen LogP contribution is 2.49. The highest BCUT2D eigenvalue weighted by Gasteiger charge is 2.50. The van der Waals surface area contributed by atoms with E-state index in [1.54, 1.807) is 44.2 Å². The third-order valence-corrected chi connectivity index (χ3v) is 13.2. The molecule has 1 spiro atoms. The zero-order chi connectivity index (χ0) is 33.7. The first-order valence-electron chi connectivity index (χ1n) is 16.3. The Morgan fingerprint density at radius 3 is 2.70 bits per heavy atom. The van der Waals surface area contributed by atoms with Crippen LogP contribution >= 0.6 is 11.6 Å². The molecule has 1 saturated carbocycles. The van der Waals surface area contributed by atoms with Crippen LogP contribution in [0, 0.1) is 17.8 Å². The van der Waals surface area contributed by atoms with Gasteiger partial charge in [0.25, 0.3) is 5.91 Å². The molecule has 2 heterocycles. The fourth-order valence-corrected chi connectivity index (χ4v) is 9.36. The van der Waals surface area contributed by atoms with Gasteiger partial charge in [-0.05, 0) is 98.7 Å². The molecule has 0 saturated heterocycles. The normalized spacial score (nSPS) is 32.4. The first-order valence-corrected chi connectivity index (χ1v) is 18.2. The minimum atomic E-state index is -4.05. The molecule has 2 aromatic carbocycles. The number of methoxy groups -OCH3 is 1. The van der Waals surface area contributed by atoms with Crippen LogP contribution in [0.15, 0.2) is 60.7 Å². The van der Waals surface area contributed by atoms with Gasteiger partial charge in [0.1, 0.15) is 11.4 Å². The smallest absolute Gasteiger partial charge is 0.336 e. The number of carbonyl (C=O) groups excluding carboxylic acids is 2. The van der Waals surface area contributed by atoms with Gasteiger partial charge in [-0.3, -0.25) is 4.79 Å². The average molecular weight is 683 g/mol. The van der Waals surface area contributed by atoms with Crippen LogP contribution in [0.5, 0.6) is 5.75 Å². The van der Waals surface area contributed by atoms with Crippen molar-refractivity contribution in [2.24, 2.45) is 17.8 Å². The number of anilines is 1. The van der Waals surface area contributed by atoms with Crippen LogP contribution < -0.4 is 14.4 Å². The van der Waals surface area contributed by atoms with E-state index in [4.69, 9.17) is 21.1 Å². The van der Waals surface area contributed by atoms with E-state index in [0.29, 0.717) is 49.0 Å². The third-order valence-electron chi connectivity index (χ3n) is 11.1. The first-order chi connectivity index (χ1) is 22.3. The molecule has 4 aliphatic rings. The molecule has 6 atom stereocenters. The molecule has 6 rings (SSSR count). The number of rotatable bonds is 2. The predicted octanol–water partition coefficient (Wildman–Crippen LogP) is 5.34. The Kier molecular flexibility index (Phi) is 9.00. The molecule has 0 unspecified atom stereocenters. The van der Waals surface area contributed by atoms with Crippen LogP contribution in [-0.4, -0.2) is 63.1 Å². The number of aliphatic hydroxyl groups is 1. The SMILES string of the molecule is C=C(C(=O)OC)[C@]1(O)/C=C/C[C@H](C)[C@@H](C)S(=O)(=O)NC(=O)c2ccc3c(c2)N(C[C@@H]2CC[C@H]21)C[C@@]1(CCCc2cc(Cl)ccc21)CO3. The molecular formula is C36H43ClN2O7S. The van der Waals surface area contributed by atoms with Crippen LogP contribution in [0.25, 0.3) is 0 Å². The number of ether oxygens (including phenoxy) is 2. The average Bonchev–Trinajstić information content (AvgIpc) is 3.17. The predicted molar refractivity (Wildman–Crippen MR) is 181 cm³/mol. The molecular weight excluding hydrogens is 640 g/mol. The second-order valence-electron chi connectivity index (χ2n) is 13.8. The summed E-state index contributed by atoms with van der Waals surface area (Å²) in [6, 6.07) is 11.1. The maximum Gasteiger partial charge on any atom is 0.336 e. The molecule has 2 aliphatic carbocycles. The van der Waals surface area contributed by atoms with Crippen LogP contribution in [0.1, 0.15) is 67.4 Å². The van der Waals surface area contributed by atoms with E-state index in [1.807, 2.05) is 12.1 Å². The standard InChI is InChI=1S/C36H43ClN2O7S/c1-22-7-5-16-36(42,23(2)34(41)45-4)30-12-9-27(30)19-39-20-35(15-6-8-25-17-28(37)11-13-29(25)35)21-46-32-14-10-26(18-31(32)39)33(40)38-47(43,44)24(22)3/h5,10-11,13-14,16-18,22,24,27,30,42H,2,6-9,12,15,19-21H2,1,3-4H3,(H,38,40)/b16-5+/t22-,24+,27-,30+,35-,36+/m0/s1. The summed E-state index contributed by atoms with van der Waals surface area (Å²) in [5.74, 6) is -1.59. The third kappa shape index (κ3) is 6.08. The number of allylic oxidation sites excluding steroid dienone is 1.